The first kappa shape index (κ1) is 13.0. The van der Waals surface area contributed by atoms with Crippen molar-refractivity contribution < 1.29 is 4.74 Å². The summed E-state index contributed by atoms with van der Waals surface area (Å²) in [4.78, 5) is 0. The Kier molecular flexibility index (Phi) is 3.91. The fraction of sp³-hybridized carbons (Fsp3) is 0.308. The smallest absolute Gasteiger partial charge is 0.135 e. The van der Waals surface area contributed by atoms with Crippen molar-refractivity contribution in [1.29, 1.82) is 0 Å². The number of ether oxygens (including phenoxy) is 1. The van der Waals surface area contributed by atoms with Gasteiger partial charge in [0.05, 0.1) is 17.3 Å². The molecule has 0 aliphatic carbocycles. The van der Waals surface area contributed by atoms with E-state index >= 15 is 0 Å². The first-order valence-corrected chi connectivity index (χ1v) is 6.49. The Balaban J connectivity index is 2.11. The van der Waals surface area contributed by atoms with Crippen molar-refractivity contribution in [3.63, 3.8) is 0 Å². The Morgan fingerprint density at radius 2 is 2.17 bits per heavy atom. The Labute approximate surface area is 115 Å². The molecule has 0 unspecified atom stereocenters. The number of aromatic amines is 1. The van der Waals surface area contributed by atoms with Crippen LogP contribution in [0.2, 0.25) is 0 Å². The number of nitrogens with one attached hydrogen (secondary N) is 2. The maximum Gasteiger partial charge on any atom is 0.135 e. The van der Waals surface area contributed by atoms with Crippen LogP contribution in [0, 0.1) is 13.8 Å². The number of anilines is 1. The summed E-state index contributed by atoms with van der Waals surface area (Å²) in [7, 11) is 1.66. The van der Waals surface area contributed by atoms with E-state index in [0.717, 1.165) is 33.8 Å². The average molecular weight is 310 g/mol. The molecule has 0 bridgehead atoms. The van der Waals surface area contributed by atoms with Gasteiger partial charge in [0.25, 0.3) is 0 Å². The molecule has 0 aliphatic heterocycles. The molecule has 2 rings (SSSR count). The molecule has 18 heavy (non-hydrogen) atoms. The molecule has 0 fully saturated rings. The predicted molar refractivity (Wildman–Crippen MR) is 76.1 cm³/mol. The summed E-state index contributed by atoms with van der Waals surface area (Å²) in [6.07, 6.45) is 0. The lowest BCUT2D eigenvalue weighted by molar-refractivity contribution is 0.412. The van der Waals surface area contributed by atoms with E-state index < -0.39 is 0 Å². The predicted octanol–water partition coefficient (Wildman–Crippen LogP) is 3.41. The summed E-state index contributed by atoms with van der Waals surface area (Å²) in [6, 6.07) is 5.95. The first-order valence-electron chi connectivity index (χ1n) is 5.69. The largest absolute Gasteiger partial charge is 0.495 e. The lowest BCUT2D eigenvalue weighted by atomic mass is 10.2. The number of H-pyrrole nitrogens is 1. The van der Waals surface area contributed by atoms with E-state index in [1.165, 1.54) is 5.56 Å². The number of benzene rings is 1. The summed E-state index contributed by atoms with van der Waals surface area (Å²) in [6.45, 7) is 4.78. The molecule has 2 aromatic rings. The van der Waals surface area contributed by atoms with Gasteiger partial charge in [-0.05, 0) is 41.9 Å². The molecule has 4 nitrogen and oxygen atoms in total. The van der Waals surface area contributed by atoms with Crippen LogP contribution >= 0.6 is 15.9 Å². The van der Waals surface area contributed by atoms with Crippen LogP contribution in [-0.2, 0) is 6.54 Å². The lowest BCUT2D eigenvalue weighted by Crippen LogP contribution is -2.01. The lowest BCUT2D eigenvalue weighted by Gasteiger charge is -2.09. The fourth-order valence-electron chi connectivity index (χ4n) is 1.79. The number of halogens is 1. The molecule has 96 valence electrons. The van der Waals surface area contributed by atoms with Gasteiger partial charge in [-0.15, -0.1) is 0 Å². The van der Waals surface area contributed by atoms with Crippen LogP contribution in [0.15, 0.2) is 22.7 Å². The van der Waals surface area contributed by atoms with Crippen molar-refractivity contribution in [2.75, 3.05) is 12.4 Å². The minimum absolute atomic E-state index is 0.749. The zero-order chi connectivity index (χ0) is 13.1. The van der Waals surface area contributed by atoms with E-state index in [0.29, 0.717) is 0 Å². The van der Waals surface area contributed by atoms with Gasteiger partial charge in [-0.25, -0.2) is 0 Å². The molecular weight excluding hydrogens is 294 g/mol. The Morgan fingerprint density at radius 3 is 2.78 bits per heavy atom. The molecule has 5 heteroatoms. The highest BCUT2D eigenvalue weighted by Crippen LogP contribution is 2.28. The third-order valence-electron chi connectivity index (χ3n) is 2.90. The van der Waals surface area contributed by atoms with Gasteiger partial charge in [0.2, 0.25) is 0 Å². The third kappa shape index (κ3) is 2.67. The average Bonchev–Trinajstić information content (AvgIpc) is 2.68. The number of hydrogen-bond acceptors (Lipinski definition) is 3. The van der Waals surface area contributed by atoms with Crippen LogP contribution in [0.4, 0.5) is 5.69 Å². The monoisotopic (exact) mass is 309 g/mol. The van der Waals surface area contributed by atoms with Crippen LogP contribution in [0.5, 0.6) is 5.75 Å². The summed E-state index contributed by atoms with van der Waals surface area (Å²) >= 11 is 3.44. The molecule has 0 saturated heterocycles. The highest BCUT2D eigenvalue weighted by atomic mass is 79.9. The molecule has 0 saturated carbocycles. The second-order valence-electron chi connectivity index (χ2n) is 4.12. The van der Waals surface area contributed by atoms with Gasteiger partial charge in [-0.1, -0.05) is 0 Å². The molecule has 0 radical (unpaired) electrons. The van der Waals surface area contributed by atoms with Crippen LogP contribution in [-0.4, -0.2) is 17.3 Å². The number of rotatable bonds is 4. The molecular formula is C13H16BrN3O. The third-order valence-corrected chi connectivity index (χ3v) is 3.56. The molecule has 1 aromatic heterocycles. The Bertz CT molecular complexity index is 532. The zero-order valence-corrected chi connectivity index (χ0v) is 12.3. The summed E-state index contributed by atoms with van der Waals surface area (Å²) < 4.78 is 6.21. The number of nitrogens with zero attached hydrogens (tertiary/aromatic N) is 1. The number of methoxy groups -OCH3 is 1. The zero-order valence-electron chi connectivity index (χ0n) is 10.7. The van der Waals surface area contributed by atoms with E-state index in [1.807, 2.05) is 32.0 Å². The van der Waals surface area contributed by atoms with Gasteiger partial charge < -0.3 is 10.1 Å². The van der Waals surface area contributed by atoms with E-state index in [9.17, 15) is 0 Å². The molecule has 1 heterocycles. The van der Waals surface area contributed by atoms with Crippen LogP contribution < -0.4 is 10.1 Å². The van der Waals surface area contributed by atoms with Crippen molar-refractivity contribution in [3.8, 4) is 5.75 Å². The molecule has 0 atom stereocenters. The normalized spacial score (nSPS) is 10.4. The van der Waals surface area contributed by atoms with Gasteiger partial charge >= 0.3 is 0 Å². The van der Waals surface area contributed by atoms with Crippen molar-refractivity contribution in [2.45, 2.75) is 20.4 Å². The second kappa shape index (κ2) is 5.44. The highest BCUT2D eigenvalue weighted by molar-refractivity contribution is 9.10. The second-order valence-corrected chi connectivity index (χ2v) is 4.97. The van der Waals surface area contributed by atoms with E-state index in [4.69, 9.17) is 4.74 Å². The SMILES string of the molecule is COc1cc(NCc2c(C)n[nH]c2C)ccc1Br. The maximum absolute atomic E-state index is 5.26. The molecule has 0 aliphatic rings. The van der Waals surface area contributed by atoms with Crippen LogP contribution in [0.1, 0.15) is 17.0 Å². The van der Waals surface area contributed by atoms with Gasteiger partial charge in [0.15, 0.2) is 0 Å². The highest BCUT2D eigenvalue weighted by Gasteiger charge is 2.06. The molecule has 0 amide bonds. The Morgan fingerprint density at radius 1 is 1.39 bits per heavy atom. The van der Waals surface area contributed by atoms with Gasteiger partial charge in [-0.2, -0.15) is 5.10 Å². The van der Waals surface area contributed by atoms with Crippen molar-refractivity contribution in [3.05, 3.63) is 39.6 Å². The molecule has 2 N–H and O–H groups in total. The quantitative estimate of drug-likeness (QED) is 0.910. The molecule has 0 spiro atoms. The number of aromatic nitrogens is 2. The topological polar surface area (TPSA) is 49.9 Å². The standard InChI is InChI=1S/C13H16BrN3O/c1-8-11(9(2)17-16-8)7-15-10-4-5-12(14)13(6-10)18-3/h4-6,15H,7H2,1-3H3,(H,16,17). The van der Waals surface area contributed by atoms with E-state index in [-0.39, 0.29) is 0 Å². The van der Waals surface area contributed by atoms with Crippen molar-refractivity contribution in [1.82, 2.24) is 10.2 Å². The van der Waals surface area contributed by atoms with Crippen LogP contribution in [0.25, 0.3) is 0 Å². The van der Waals surface area contributed by atoms with Crippen molar-refractivity contribution in [2.24, 2.45) is 0 Å². The Hall–Kier alpha value is -1.49. The minimum atomic E-state index is 0.749. The summed E-state index contributed by atoms with van der Waals surface area (Å²) in [5, 5.41) is 10.5. The summed E-state index contributed by atoms with van der Waals surface area (Å²) in [5.74, 6) is 0.820. The van der Waals surface area contributed by atoms with Crippen LogP contribution in [0.3, 0.4) is 0 Å². The first-order chi connectivity index (χ1) is 8.61. The fourth-order valence-corrected chi connectivity index (χ4v) is 2.20. The maximum atomic E-state index is 5.26. The minimum Gasteiger partial charge on any atom is -0.495 e. The number of aryl methyl sites for hydroxylation is 2. The van der Waals surface area contributed by atoms with E-state index in [2.05, 4.69) is 31.4 Å². The van der Waals surface area contributed by atoms with Crippen molar-refractivity contribution >= 4 is 21.6 Å². The van der Waals surface area contributed by atoms with Gasteiger partial charge in [0, 0.05) is 29.6 Å². The summed E-state index contributed by atoms with van der Waals surface area (Å²) in [5.41, 5.74) is 4.36. The van der Waals surface area contributed by atoms with Gasteiger partial charge in [-0.3, -0.25) is 5.10 Å². The molecule has 1 aromatic carbocycles. The van der Waals surface area contributed by atoms with E-state index in [1.54, 1.807) is 7.11 Å². The number of hydrogen-bond donors (Lipinski definition) is 2. The van der Waals surface area contributed by atoms with Gasteiger partial charge in [0.1, 0.15) is 5.75 Å².